The van der Waals surface area contributed by atoms with Crippen LogP contribution in [0.25, 0.3) is 0 Å². The summed E-state index contributed by atoms with van der Waals surface area (Å²) in [4.78, 5) is 17.1. The topological polar surface area (TPSA) is 57.7 Å². The minimum Gasteiger partial charge on any atom is -0.460 e. The first kappa shape index (κ1) is 18.6. The normalized spacial score (nSPS) is 15.6. The van der Waals surface area contributed by atoms with Gasteiger partial charge < -0.3 is 14.2 Å². The molecule has 0 radical (unpaired) electrons. The second kappa shape index (κ2) is 7.69. The number of carbonyl (C=O) groups excluding carboxylic acids is 1. The van der Waals surface area contributed by atoms with Gasteiger partial charge in [0.05, 0.1) is 17.3 Å². The number of rotatable bonds is 4. The molecule has 1 aliphatic heterocycles. The second-order valence-electron chi connectivity index (χ2n) is 6.45. The van der Waals surface area contributed by atoms with Crippen molar-refractivity contribution in [2.75, 3.05) is 0 Å². The molecule has 144 valence electrons. The van der Waals surface area contributed by atoms with Gasteiger partial charge in [0.2, 0.25) is 6.29 Å². The fourth-order valence-corrected chi connectivity index (χ4v) is 3.90. The molecule has 4 rings (SSSR count). The number of fused-ring (bicyclic) bond motifs is 1. The third-order valence-electron chi connectivity index (χ3n) is 4.34. The zero-order valence-corrected chi connectivity index (χ0v) is 16.2. The van der Waals surface area contributed by atoms with E-state index >= 15 is 0 Å². The Morgan fingerprint density at radius 3 is 2.79 bits per heavy atom. The van der Waals surface area contributed by atoms with Crippen molar-refractivity contribution in [3.63, 3.8) is 0 Å². The summed E-state index contributed by atoms with van der Waals surface area (Å²) in [6.45, 7) is 3.70. The third-order valence-corrected chi connectivity index (χ3v) is 5.39. The SMILES string of the molecule is Cc1nc(C)c(C(=O)OCc2cc(F)cc3c2O[C@H](c2ccccc2)OC3)s1. The predicted molar refractivity (Wildman–Crippen MR) is 102 cm³/mol. The lowest BCUT2D eigenvalue weighted by molar-refractivity contribution is -0.112. The van der Waals surface area contributed by atoms with Crippen LogP contribution in [0.4, 0.5) is 4.39 Å². The van der Waals surface area contributed by atoms with Gasteiger partial charge >= 0.3 is 5.97 Å². The van der Waals surface area contributed by atoms with Crippen molar-refractivity contribution in [2.45, 2.75) is 33.4 Å². The molecule has 0 aliphatic carbocycles. The summed E-state index contributed by atoms with van der Waals surface area (Å²) in [5, 5.41) is 0.791. The molecule has 3 aromatic rings. The van der Waals surface area contributed by atoms with Gasteiger partial charge in [-0.05, 0) is 26.0 Å². The van der Waals surface area contributed by atoms with Crippen LogP contribution in [0.3, 0.4) is 0 Å². The second-order valence-corrected chi connectivity index (χ2v) is 7.65. The molecule has 1 aromatic heterocycles. The zero-order valence-electron chi connectivity index (χ0n) is 15.4. The molecule has 7 heteroatoms. The number of carbonyl (C=O) groups is 1. The van der Waals surface area contributed by atoms with Crippen LogP contribution >= 0.6 is 11.3 Å². The first-order valence-electron chi connectivity index (χ1n) is 8.77. The zero-order chi connectivity index (χ0) is 19.7. The van der Waals surface area contributed by atoms with Gasteiger partial charge in [0.1, 0.15) is 23.1 Å². The van der Waals surface area contributed by atoms with Crippen molar-refractivity contribution in [1.82, 2.24) is 4.98 Å². The van der Waals surface area contributed by atoms with Gasteiger partial charge in [-0.15, -0.1) is 11.3 Å². The van der Waals surface area contributed by atoms with Crippen LogP contribution in [0, 0.1) is 19.7 Å². The van der Waals surface area contributed by atoms with Gasteiger partial charge in [-0.1, -0.05) is 30.3 Å². The van der Waals surface area contributed by atoms with Crippen molar-refractivity contribution in [3.05, 3.63) is 80.6 Å². The summed E-state index contributed by atoms with van der Waals surface area (Å²) in [5.74, 6) is -0.417. The number of nitrogens with zero attached hydrogens (tertiary/aromatic N) is 1. The van der Waals surface area contributed by atoms with E-state index in [9.17, 15) is 9.18 Å². The lowest BCUT2D eigenvalue weighted by Crippen LogP contribution is -2.20. The summed E-state index contributed by atoms with van der Waals surface area (Å²) >= 11 is 1.28. The Morgan fingerprint density at radius 1 is 1.29 bits per heavy atom. The van der Waals surface area contributed by atoms with E-state index in [2.05, 4.69) is 4.98 Å². The van der Waals surface area contributed by atoms with Crippen molar-refractivity contribution in [3.8, 4) is 5.75 Å². The maximum absolute atomic E-state index is 14.0. The van der Waals surface area contributed by atoms with Crippen molar-refractivity contribution in [2.24, 2.45) is 0 Å². The Morgan fingerprint density at radius 2 is 2.07 bits per heavy atom. The van der Waals surface area contributed by atoms with Crippen LogP contribution < -0.4 is 4.74 Å². The molecule has 2 aromatic carbocycles. The molecule has 0 saturated carbocycles. The first-order chi connectivity index (χ1) is 13.5. The van der Waals surface area contributed by atoms with Gasteiger partial charge in [-0.3, -0.25) is 0 Å². The van der Waals surface area contributed by atoms with E-state index in [1.165, 1.54) is 23.5 Å². The third kappa shape index (κ3) is 3.76. The number of halogens is 1. The Balaban J connectivity index is 1.56. The Kier molecular flexibility index (Phi) is 5.11. The smallest absolute Gasteiger partial charge is 0.350 e. The lowest BCUT2D eigenvalue weighted by atomic mass is 10.1. The first-order valence-corrected chi connectivity index (χ1v) is 9.58. The highest BCUT2D eigenvalue weighted by molar-refractivity contribution is 7.13. The molecule has 0 saturated heterocycles. The average molecular weight is 399 g/mol. The van der Waals surface area contributed by atoms with Gasteiger partial charge in [0.15, 0.2) is 0 Å². The van der Waals surface area contributed by atoms with Gasteiger partial charge in [0.25, 0.3) is 0 Å². The summed E-state index contributed by atoms with van der Waals surface area (Å²) in [6, 6.07) is 12.2. The lowest BCUT2D eigenvalue weighted by Gasteiger charge is -2.28. The summed E-state index contributed by atoms with van der Waals surface area (Å²) in [5.41, 5.74) is 2.54. The monoisotopic (exact) mass is 399 g/mol. The quantitative estimate of drug-likeness (QED) is 0.586. The highest BCUT2D eigenvalue weighted by Crippen LogP contribution is 2.37. The number of aryl methyl sites for hydroxylation is 2. The standard InChI is InChI=1S/C21H18FNO4S/c1-12-19(28-13(2)23-12)20(24)25-10-15-8-17(22)9-16-11-26-21(27-18(15)16)14-6-4-3-5-7-14/h3-9,21H,10-11H2,1-2H3/t21-/m1/s1. The van der Waals surface area contributed by atoms with E-state index in [1.54, 1.807) is 6.92 Å². The Hall–Kier alpha value is -2.77. The minimum atomic E-state index is -0.597. The number of benzene rings is 2. The number of hydrogen-bond acceptors (Lipinski definition) is 6. The maximum Gasteiger partial charge on any atom is 0.350 e. The fourth-order valence-electron chi connectivity index (χ4n) is 3.09. The molecule has 2 heterocycles. The molecule has 0 amide bonds. The molecule has 0 fully saturated rings. The van der Waals surface area contributed by atoms with Crippen LogP contribution in [0.2, 0.25) is 0 Å². The average Bonchev–Trinajstić information content (AvgIpc) is 3.04. The summed E-state index contributed by atoms with van der Waals surface area (Å²) in [6.07, 6.45) is -0.597. The van der Waals surface area contributed by atoms with Gasteiger partial charge in [-0.2, -0.15) is 0 Å². The maximum atomic E-state index is 14.0. The largest absolute Gasteiger partial charge is 0.460 e. The number of hydrogen-bond donors (Lipinski definition) is 0. The summed E-state index contributed by atoms with van der Waals surface area (Å²) < 4.78 is 31.1. The molecule has 0 N–H and O–H groups in total. The number of esters is 1. The van der Waals surface area contributed by atoms with E-state index in [4.69, 9.17) is 14.2 Å². The number of thiazole rings is 1. The molecule has 1 atom stereocenters. The van der Waals surface area contributed by atoms with E-state index in [1.807, 2.05) is 37.3 Å². The number of aromatic nitrogens is 1. The van der Waals surface area contributed by atoms with Crippen molar-refractivity contribution < 1.29 is 23.4 Å². The minimum absolute atomic E-state index is 0.100. The van der Waals surface area contributed by atoms with Gasteiger partial charge in [0, 0.05) is 16.7 Å². The van der Waals surface area contributed by atoms with E-state index in [0.717, 1.165) is 10.6 Å². The van der Waals surface area contributed by atoms with E-state index < -0.39 is 18.1 Å². The van der Waals surface area contributed by atoms with Crippen LogP contribution in [0.1, 0.15) is 43.4 Å². The predicted octanol–water partition coefficient (Wildman–Crippen LogP) is 4.86. The molecule has 1 aliphatic rings. The molecule has 28 heavy (non-hydrogen) atoms. The Bertz CT molecular complexity index is 1020. The van der Waals surface area contributed by atoms with Crippen LogP contribution in [0.15, 0.2) is 42.5 Å². The highest BCUT2D eigenvalue weighted by atomic mass is 32.1. The number of ether oxygens (including phenoxy) is 3. The molecule has 5 nitrogen and oxygen atoms in total. The van der Waals surface area contributed by atoms with Crippen LogP contribution in [-0.4, -0.2) is 11.0 Å². The molecule has 0 unspecified atom stereocenters. The molecule has 0 spiro atoms. The van der Waals surface area contributed by atoms with E-state index in [-0.39, 0.29) is 13.2 Å². The van der Waals surface area contributed by atoms with E-state index in [0.29, 0.717) is 27.4 Å². The molecular formula is C21H18FNO4S. The fraction of sp³-hybridized carbons (Fsp3) is 0.238. The molecular weight excluding hydrogens is 381 g/mol. The highest BCUT2D eigenvalue weighted by Gasteiger charge is 2.26. The van der Waals surface area contributed by atoms with Gasteiger partial charge in [-0.25, -0.2) is 14.2 Å². The van der Waals surface area contributed by atoms with Crippen LogP contribution in [0.5, 0.6) is 5.75 Å². The van der Waals surface area contributed by atoms with Crippen molar-refractivity contribution in [1.29, 1.82) is 0 Å². The van der Waals surface area contributed by atoms with Crippen molar-refractivity contribution >= 4 is 17.3 Å². The Labute approximate surface area is 165 Å². The van der Waals surface area contributed by atoms with Crippen LogP contribution in [-0.2, 0) is 22.7 Å². The molecule has 0 bridgehead atoms. The summed E-state index contributed by atoms with van der Waals surface area (Å²) in [7, 11) is 0.